The summed E-state index contributed by atoms with van der Waals surface area (Å²) in [4.78, 5) is 7.76. The minimum absolute atomic E-state index is 0.172. The molecule has 3 nitrogen and oxygen atoms in total. The summed E-state index contributed by atoms with van der Waals surface area (Å²) in [5, 5.41) is 0. The van der Waals surface area contributed by atoms with Gasteiger partial charge >= 0.3 is 0 Å². The normalized spacial score (nSPS) is 16.5. The molecule has 57 heavy (non-hydrogen) atoms. The van der Waals surface area contributed by atoms with E-state index in [9.17, 15) is 0 Å². The lowest BCUT2D eigenvalue weighted by atomic mass is 9.72. The van der Waals surface area contributed by atoms with Crippen LogP contribution in [0.3, 0.4) is 0 Å². The molecule has 0 radical (unpaired) electrons. The van der Waals surface area contributed by atoms with Crippen molar-refractivity contribution in [2.24, 2.45) is 0 Å². The number of rotatable bonds is 3. The van der Waals surface area contributed by atoms with Crippen molar-refractivity contribution in [2.75, 3.05) is 14.7 Å². The molecule has 7 aromatic carbocycles. The summed E-state index contributed by atoms with van der Waals surface area (Å²) in [5.74, 6) is 0. The first-order chi connectivity index (χ1) is 27.4. The van der Waals surface area contributed by atoms with Gasteiger partial charge in [0, 0.05) is 16.2 Å². The Labute approximate surface area is 338 Å². The second-order valence-electron chi connectivity index (χ2n) is 17.9. The summed E-state index contributed by atoms with van der Waals surface area (Å²) in [7, 11) is 0. The third kappa shape index (κ3) is 4.72. The van der Waals surface area contributed by atoms with Crippen molar-refractivity contribution in [3.05, 3.63) is 196 Å². The van der Waals surface area contributed by atoms with Crippen LogP contribution >= 0.6 is 0 Å². The number of fused-ring (bicyclic) bond motifs is 6. The molecule has 7 aromatic rings. The Morgan fingerprint density at radius 2 is 0.421 bits per heavy atom. The largest absolute Gasteiger partial charge is 0.309 e. The topological polar surface area (TPSA) is 9.72 Å². The van der Waals surface area contributed by atoms with Gasteiger partial charge in [-0.25, -0.2) is 0 Å². The van der Waals surface area contributed by atoms with Crippen LogP contribution in [-0.2, 0) is 16.2 Å². The molecule has 0 saturated heterocycles. The highest BCUT2D eigenvalue weighted by Gasteiger charge is 2.43. The third-order valence-electron chi connectivity index (χ3n) is 13.7. The van der Waals surface area contributed by atoms with Crippen LogP contribution in [0.25, 0.3) is 0 Å². The standard InChI is InChI=1S/C54H51N3/c1-34-49(55-43-28-16-10-22-37(43)52(4,5)38-23-11-17-29-44(38)55)35(2)51(57-47-32-20-14-26-41(47)54(8,9)42-27-15-21-33-48(42)57)36(3)50(34)56-45-30-18-12-24-39(45)53(6,7)40-25-13-19-31-46(40)56/h10-33H,1-9H3. The van der Waals surface area contributed by atoms with Crippen molar-refractivity contribution in [3.63, 3.8) is 0 Å². The molecule has 0 amide bonds. The molecule has 0 bridgehead atoms. The van der Waals surface area contributed by atoms with Crippen LogP contribution in [0, 0.1) is 20.8 Å². The van der Waals surface area contributed by atoms with Crippen LogP contribution in [0.1, 0.15) is 91.6 Å². The van der Waals surface area contributed by atoms with Crippen LogP contribution in [0.15, 0.2) is 146 Å². The molecule has 0 spiro atoms. The number of hydrogen-bond acceptors (Lipinski definition) is 3. The van der Waals surface area contributed by atoms with E-state index in [1.165, 1.54) is 101 Å². The Morgan fingerprint density at radius 1 is 0.263 bits per heavy atom. The second kappa shape index (κ2) is 12.2. The zero-order valence-electron chi connectivity index (χ0n) is 34.7. The lowest BCUT2D eigenvalue weighted by Crippen LogP contribution is -2.34. The number of anilines is 9. The van der Waals surface area contributed by atoms with Gasteiger partial charge < -0.3 is 14.7 Å². The number of nitrogens with zero attached hydrogens (tertiary/aromatic N) is 3. The summed E-state index contributed by atoms with van der Waals surface area (Å²) in [5.41, 5.74) is 22.3. The molecule has 0 fully saturated rings. The fourth-order valence-electron chi connectivity index (χ4n) is 10.9. The molecule has 10 rings (SSSR count). The van der Waals surface area contributed by atoms with Crippen molar-refractivity contribution in [3.8, 4) is 0 Å². The van der Waals surface area contributed by atoms with Gasteiger partial charge in [-0.2, -0.15) is 0 Å². The molecule has 282 valence electrons. The lowest BCUT2D eigenvalue weighted by molar-refractivity contribution is 0.630. The van der Waals surface area contributed by atoms with E-state index in [0.717, 1.165) is 0 Å². The molecule has 3 aliphatic rings. The fraction of sp³-hybridized carbons (Fsp3) is 0.222. The van der Waals surface area contributed by atoms with Gasteiger partial charge in [0.1, 0.15) is 0 Å². The molecule has 0 unspecified atom stereocenters. The maximum atomic E-state index is 2.59. The van der Waals surface area contributed by atoms with Crippen LogP contribution in [0.5, 0.6) is 0 Å². The van der Waals surface area contributed by atoms with Gasteiger partial charge in [-0.1, -0.05) is 151 Å². The number of hydrogen-bond donors (Lipinski definition) is 0. The Balaban J connectivity index is 1.38. The maximum Gasteiger partial charge on any atom is 0.0562 e. The van der Waals surface area contributed by atoms with E-state index in [0.29, 0.717) is 0 Å². The van der Waals surface area contributed by atoms with E-state index in [4.69, 9.17) is 0 Å². The summed E-state index contributed by atoms with van der Waals surface area (Å²) < 4.78 is 0. The van der Waals surface area contributed by atoms with Crippen molar-refractivity contribution in [2.45, 2.75) is 78.6 Å². The van der Waals surface area contributed by atoms with Gasteiger partial charge in [-0.05, 0) is 107 Å². The molecule has 0 aromatic heterocycles. The minimum atomic E-state index is -0.172. The van der Waals surface area contributed by atoms with Gasteiger partial charge in [-0.3, -0.25) is 0 Å². The van der Waals surface area contributed by atoms with Crippen LogP contribution in [0.2, 0.25) is 0 Å². The molecule has 3 heteroatoms. The van der Waals surface area contributed by atoms with E-state index < -0.39 is 0 Å². The van der Waals surface area contributed by atoms with Gasteiger partial charge in [0.2, 0.25) is 0 Å². The zero-order chi connectivity index (χ0) is 39.6. The van der Waals surface area contributed by atoms with E-state index in [1.54, 1.807) is 0 Å². The summed E-state index contributed by atoms with van der Waals surface area (Å²) in [6.45, 7) is 21.4. The van der Waals surface area contributed by atoms with Crippen LogP contribution in [-0.4, -0.2) is 0 Å². The Morgan fingerprint density at radius 3 is 0.596 bits per heavy atom. The molecule has 3 aliphatic heterocycles. The van der Waals surface area contributed by atoms with Crippen molar-refractivity contribution >= 4 is 51.2 Å². The average Bonchev–Trinajstić information content (AvgIpc) is 3.22. The second-order valence-corrected chi connectivity index (χ2v) is 17.9. The minimum Gasteiger partial charge on any atom is -0.309 e. The van der Waals surface area contributed by atoms with Gasteiger partial charge in [-0.15, -0.1) is 0 Å². The Hall–Kier alpha value is -6.06. The molecular formula is C54H51N3. The van der Waals surface area contributed by atoms with E-state index in [-0.39, 0.29) is 16.2 Å². The Kier molecular flexibility index (Phi) is 7.58. The fourth-order valence-corrected chi connectivity index (χ4v) is 10.9. The highest BCUT2D eigenvalue weighted by Crippen LogP contribution is 2.61. The first-order valence-corrected chi connectivity index (χ1v) is 20.5. The molecule has 0 aliphatic carbocycles. The first-order valence-electron chi connectivity index (χ1n) is 20.5. The molecule has 0 atom stereocenters. The first kappa shape index (κ1) is 35.4. The van der Waals surface area contributed by atoms with E-state index >= 15 is 0 Å². The number of para-hydroxylation sites is 6. The lowest BCUT2D eigenvalue weighted by Gasteiger charge is -2.47. The van der Waals surface area contributed by atoms with Crippen molar-refractivity contribution in [1.29, 1.82) is 0 Å². The van der Waals surface area contributed by atoms with Crippen LogP contribution in [0.4, 0.5) is 51.2 Å². The summed E-state index contributed by atoms with van der Waals surface area (Å²) >= 11 is 0. The van der Waals surface area contributed by atoms with Crippen LogP contribution < -0.4 is 14.7 Å². The highest BCUT2D eigenvalue weighted by molar-refractivity contribution is 6.01. The SMILES string of the molecule is Cc1c(N2c3ccccc3C(C)(C)c3ccccc32)c(C)c(N2c3ccccc3C(C)(C)c3ccccc32)c(C)c1N1c2ccccc2C(C)(C)c2ccccc21. The molecule has 0 saturated carbocycles. The van der Waals surface area contributed by atoms with E-state index in [2.05, 4.69) is 223 Å². The third-order valence-corrected chi connectivity index (χ3v) is 13.7. The summed E-state index contributed by atoms with van der Waals surface area (Å²) in [6, 6.07) is 54.4. The van der Waals surface area contributed by atoms with Gasteiger partial charge in [0.25, 0.3) is 0 Å². The maximum absolute atomic E-state index is 2.59. The Bertz CT molecular complexity index is 2310. The summed E-state index contributed by atoms with van der Waals surface area (Å²) in [6.07, 6.45) is 0. The van der Waals surface area contributed by atoms with Crippen molar-refractivity contribution < 1.29 is 0 Å². The molecule has 3 heterocycles. The smallest absolute Gasteiger partial charge is 0.0562 e. The molecule has 0 N–H and O–H groups in total. The van der Waals surface area contributed by atoms with Crippen molar-refractivity contribution in [1.82, 2.24) is 0 Å². The number of benzene rings is 7. The molecular weight excluding hydrogens is 691 g/mol. The average molecular weight is 742 g/mol. The predicted molar refractivity (Wildman–Crippen MR) is 241 cm³/mol. The van der Waals surface area contributed by atoms with Gasteiger partial charge in [0.15, 0.2) is 0 Å². The quantitative estimate of drug-likeness (QED) is 0.179. The zero-order valence-corrected chi connectivity index (χ0v) is 34.7. The van der Waals surface area contributed by atoms with Gasteiger partial charge in [0.05, 0.1) is 51.2 Å². The monoisotopic (exact) mass is 741 g/mol. The predicted octanol–water partition coefficient (Wildman–Crippen LogP) is 14.9. The highest BCUT2D eigenvalue weighted by atomic mass is 15.2. The van der Waals surface area contributed by atoms with E-state index in [1.807, 2.05) is 0 Å².